The van der Waals surface area contributed by atoms with Crippen molar-refractivity contribution in [3.8, 4) is 11.3 Å². The third-order valence-electron chi connectivity index (χ3n) is 8.45. The first kappa shape index (κ1) is 32.2. The lowest BCUT2D eigenvalue weighted by Crippen LogP contribution is -2.55. The maximum absolute atomic E-state index is 13.6. The van der Waals surface area contributed by atoms with Gasteiger partial charge in [0.2, 0.25) is 11.8 Å². The van der Waals surface area contributed by atoms with E-state index in [1.807, 2.05) is 19.1 Å². The molecule has 6 rings (SSSR count). The number of carboxylic acid groups (broad SMARTS) is 1. The van der Waals surface area contributed by atoms with E-state index in [-0.39, 0.29) is 17.4 Å². The molecule has 0 saturated carbocycles. The lowest BCUT2D eigenvalue weighted by atomic mass is 9.71. The normalized spacial score (nSPS) is 20.2. The van der Waals surface area contributed by atoms with Crippen LogP contribution in [-0.4, -0.2) is 58.5 Å². The molecule has 11 heteroatoms. The number of nitrogens with zero attached hydrogens (tertiary/aromatic N) is 2. The average Bonchev–Trinajstić information content (AvgIpc) is 3.51. The zero-order chi connectivity index (χ0) is 31.0. The molecule has 4 heterocycles. The van der Waals surface area contributed by atoms with Gasteiger partial charge in [-0.3, -0.25) is 9.59 Å². The maximum atomic E-state index is 13.6. The molecule has 0 spiro atoms. The van der Waals surface area contributed by atoms with Gasteiger partial charge in [0.1, 0.15) is 11.8 Å². The van der Waals surface area contributed by atoms with Crippen LogP contribution in [0.4, 0.5) is 13.2 Å². The van der Waals surface area contributed by atoms with E-state index in [1.165, 1.54) is 5.39 Å². The fraction of sp³-hybridized carbons (Fsp3) is 0.500. The summed E-state index contributed by atoms with van der Waals surface area (Å²) in [6.45, 7) is 4.94. The van der Waals surface area contributed by atoms with Gasteiger partial charge in [-0.05, 0) is 68.6 Å². The van der Waals surface area contributed by atoms with Crippen LogP contribution in [0.25, 0.3) is 22.1 Å². The van der Waals surface area contributed by atoms with Crippen LogP contribution in [0.15, 0.2) is 53.1 Å². The second-order valence-electron chi connectivity index (χ2n) is 11.3. The molecule has 0 aliphatic carbocycles. The minimum atomic E-state index is -5.08. The number of carbonyl (C=O) groups excluding carboxylic acids is 2. The fourth-order valence-electron chi connectivity index (χ4n) is 5.69. The number of ketones is 1. The van der Waals surface area contributed by atoms with Gasteiger partial charge in [-0.2, -0.15) is 13.2 Å². The van der Waals surface area contributed by atoms with E-state index in [0.29, 0.717) is 30.3 Å². The monoisotopic (exact) mass is 601 g/mol. The van der Waals surface area contributed by atoms with Crippen LogP contribution in [0.2, 0.25) is 0 Å². The van der Waals surface area contributed by atoms with Crippen molar-refractivity contribution in [3.63, 3.8) is 0 Å². The van der Waals surface area contributed by atoms with Crippen LogP contribution in [0.5, 0.6) is 0 Å². The third-order valence-corrected chi connectivity index (χ3v) is 8.45. The molecule has 43 heavy (non-hydrogen) atoms. The Morgan fingerprint density at radius 1 is 1.02 bits per heavy atom. The summed E-state index contributed by atoms with van der Waals surface area (Å²) in [5.74, 6) is -1.00. The van der Waals surface area contributed by atoms with Crippen molar-refractivity contribution in [1.82, 2.24) is 15.2 Å². The first-order valence-electron chi connectivity index (χ1n) is 14.8. The van der Waals surface area contributed by atoms with Crippen LogP contribution in [0.1, 0.15) is 76.6 Å². The van der Waals surface area contributed by atoms with E-state index in [2.05, 4.69) is 45.5 Å². The highest BCUT2D eigenvalue weighted by Crippen LogP contribution is 2.41. The summed E-state index contributed by atoms with van der Waals surface area (Å²) < 4.78 is 38.0. The molecule has 0 unspecified atom stereocenters. The molecule has 3 aliphatic rings. The molecule has 2 N–H and O–H groups in total. The van der Waals surface area contributed by atoms with Crippen LogP contribution in [0.3, 0.4) is 0 Å². The molecule has 2 aromatic carbocycles. The molecule has 8 nitrogen and oxygen atoms in total. The number of fused-ring (bicyclic) bond motifs is 4. The van der Waals surface area contributed by atoms with Gasteiger partial charge >= 0.3 is 12.1 Å². The number of carboxylic acids is 1. The molecule has 1 aromatic heterocycles. The first-order chi connectivity index (χ1) is 20.5. The number of oxazole rings is 1. The van der Waals surface area contributed by atoms with Crippen LogP contribution in [-0.2, 0) is 14.4 Å². The molecule has 1 atom stereocenters. The van der Waals surface area contributed by atoms with Gasteiger partial charge in [0, 0.05) is 18.4 Å². The minimum Gasteiger partial charge on any atom is -0.475 e. The van der Waals surface area contributed by atoms with Crippen molar-refractivity contribution in [2.45, 2.75) is 76.9 Å². The second-order valence-corrected chi connectivity index (χ2v) is 11.3. The van der Waals surface area contributed by atoms with Crippen LogP contribution < -0.4 is 5.32 Å². The number of halogens is 3. The Bertz CT molecular complexity index is 1400. The summed E-state index contributed by atoms with van der Waals surface area (Å²) in [7, 11) is 0. The number of unbranched alkanes of at least 4 members (excludes halogenated alkanes) is 2. The number of nitrogens with one attached hydrogen (secondary N) is 1. The zero-order valence-electron chi connectivity index (χ0n) is 24.3. The number of aromatic nitrogens is 1. The number of alkyl halides is 3. The van der Waals surface area contributed by atoms with Gasteiger partial charge in [0.25, 0.3) is 0 Å². The molecule has 232 valence electrons. The summed E-state index contributed by atoms with van der Waals surface area (Å²) in [4.78, 5) is 41.2. The lowest BCUT2D eigenvalue weighted by molar-refractivity contribution is -0.192. The quantitative estimate of drug-likeness (QED) is 0.235. The molecule has 3 aromatic rings. The van der Waals surface area contributed by atoms with E-state index < -0.39 is 12.1 Å². The Kier molecular flexibility index (Phi) is 10.6. The van der Waals surface area contributed by atoms with Crippen molar-refractivity contribution in [2.75, 3.05) is 19.6 Å². The Labute approximate surface area is 248 Å². The molecule has 2 bridgehead atoms. The van der Waals surface area contributed by atoms with Crippen molar-refractivity contribution >= 4 is 28.4 Å². The largest absolute Gasteiger partial charge is 0.490 e. The van der Waals surface area contributed by atoms with Gasteiger partial charge in [0.05, 0.1) is 11.6 Å². The highest BCUT2D eigenvalue weighted by atomic mass is 19.4. The highest BCUT2D eigenvalue weighted by Gasteiger charge is 2.45. The Morgan fingerprint density at radius 2 is 1.67 bits per heavy atom. The summed E-state index contributed by atoms with van der Waals surface area (Å²) in [6, 6.07) is 14.3. The molecular weight excluding hydrogens is 563 g/mol. The average molecular weight is 602 g/mol. The fourth-order valence-corrected chi connectivity index (χ4v) is 5.69. The molecule has 3 aliphatic heterocycles. The minimum absolute atomic E-state index is 0.151. The Hall–Kier alpha value is -3.73. The molecule has 1 amide bonds. The number of amides is 1. The predicted molar refractivity (Wildman–Crippen MR) is 155 cm³/mol. The Morgan fingerprint density at radius 3 is 2.30 bits per heavy atom. The molecular formula is C32H38F3N3O5. The van der Waals surface area contributed by atoms with Gasteiger partial charge in [-0.1, -0.05) is 56.2 Å². The van der Waals surface area contributed by atoms with Crippen molar-refractivity contribution in [3.05, 3.63) is 54.6 Å². The number of benzene rings is 2. The SMILES string of the molecule is CCC(=O)CCCCC[C@H](NC(=O)C12CCN(CC1)CC2)c1ncc(-c2ccc3ccccc3c2)o1.O=C(O)C(F)(F)F. The van der Waals surface area contributed by atoms with Gasteiger partial charge in [-0.25, -0.2) is 9.78 Å². The standard InChI is InChI=1S/C30H37N3O3.C2HF3O2/c1-2-25(34)10-4-3-5-11-26(32-29(35)30-14-17-33(18-15-30)19-16-30)28-31-21-27(36-28)24-13-12-22-8-6-7-9-23(22)20-24;3-2(4,5)1(6)7/h6-9,12-13,20-21,26H,2-5,10-11,14-19H2,1H3,(H,32,35);(H,6,7)/t26-;/m0./s1. The predicted octanol–water partition coefficient (Wildman–Crippen LogP) is 6.70. The van der Waals surface area contributed by atoms with E-state index in [0.717, 1.165) is 75.5 Å². The van der Waals surface area contributed by atoms with E-state index in [1.54, 1.807) is 6.20 Å². The van der Waals surface area contributed by atoms with Gasteiger partial charge < -0.3 is 19.7 Å². The maximum Gasteiger partial charge on any atom is 0.490 e. The smallest absolute Gasteiger partial charge is 0.475 e. The van der Waals surface area contributed by atoms with Crippen LogP contribution in [0, 0.1) is 5.41 Å². The number of piperidine rings is 3. The molecule has 3 saturated heterocycles. The lowest BCUT2D eigenvalue weighted by Gasteiger charge is -2.47. The number of aliphatic carboxylic acids is 1. The van der Waals surface area contributed by atoms with E-state index in [9.17, 15) is 22.8 Å². The topological polar surface area (TPSA) is 113 Å². The van der Waals surface area contributed by atoms with Gasteiger partial charge in [-0.15, -0.1) is 0 Å². The van der Waals surface area contributed by atoms with Crippen molar-refractivity contribution in [2.24, 2.45) is 5.41 Å². The number of rotatable bonds is 11. The summed E-state index contributed by atoms with van der Waals surface area (Å²) in [5.41, 5.74) is 0.725. The summed E-state index contributed by atoms with van der Waals surface area (Å²) in [6.07, 6.45) is 4.23. The van der Waals surface area contributed by atoms with E-state index in [4.69, 9.17) is 14.3 Å². The number of Topliss-reactive ketones (excluding diaryl/α,β-unsaturated/α-hetero) is 1. The van der Waals surface area contributed by atoms with Gasteiger partial charge in [0.15, 0.2) is 5.76 Å². The summed E-state index contributed by atoms with van der Waals surface area (Å²) >= 11 is 0. The number of carbonyl (C=O) groups is 3. The number of hydrogen-bond donors (Lipinski definition) is 2. The first-order valence-corrected chi connectivity index (χ1v) is 14.8. The van der Waals surface area contributed by atoms with Crippen molar-refractivity contribution in [1.29, 1.82) is 0 Å². The molecule has 3 fully saturated rings. The zero-order valence-corrected chi connectivity index (χ0v) is 24.3. The summed E-state index contributed by atoms with van der Waals surface area (Å²) in [5, 5.41) is 12.8. The van der Waals surface area contributed by atoms with Crippen LogP contribution >= 0.6 is 0 Å². The van der Waals surface area contributed by atoms with E-state index >= 15 is 0 Å². The number of hydrogen-bond acceptors (Lipinski definition) is 6. The highest BCUT2D eigenvalue weighted by molar-refractivity contribution is 5.86. The Balaban J connectivity index is 0.000000541. The second kappa shape index (κ2) is 14.2. The van der Waals surface area contributed by atoms with Crippen molar-refractivity contribution < 1.29 is 37.1 Å². The third kappa shape index (κ3) is 8.43. The molecule has 0 radical (unpaired) electrons.